The Morgan fingerprint density at radius 2 is 2.00 bits per heavy atom. The van der Waals surface area contributed by atoms with Crippen LogP contribution in [0, 0.1) is 6.92 Å². The van der Waals surface area contributed by atoms with Crippen molar-refractivity contribution in [2.45, 2.75) is 26.7 Å². The minimum absolute atomic E-state index is 0.0498. The Morgan fingerprint density at radius 1 is 1.23 bits per heavy atom. The second kappa shape index (κ2) is 7.32. The smallest absolute Gasteiger partial charge is 0.262 e. The quantitative estimate of drug-likeness (QED) is 0.861. The van der Waals surface area contributed by atoms with E-state index in [0.29, 0.717) is 22.4 Å². The SMILES string of the molecule is Cc1ccc(NC(=O)COc2cccc(C(C)C)c2)c(Cl)c1. The predicted octanol–water partition coefficient (Wildman–Crippen LogP) is 4.79. The molecule has 0 heterocycles. The lowest BCUT2D eigenvalue weighted by Crippen LogP contribution is -2.20. The number of amides is 1. The van der Waals surface area contributed by atoms with E-state index in [2.05, 4.69) is 19.2 Å². The van der Waals surface area contributed by atoms with E-state index in [1.165, 1.54) is 5.56 Å². The molecule has 116 valence electrons. The summed E-state index contributed by atoms with van der Waals surface area (Å²) in [7, 11) is 0. The van der Waals surface area contributed by atoms with Crippen LogP contribution in [-0.4, -0.2) is 12.5 Å². The first-order valence-electron chi connectivity index (χ1n) is 7.24. The van der Waals surface area contributed by atoms with Gasteiger partial charge in [-0.2, -0.15) is 0 Å². The van der Waals surface area contributed by atoms with E-state index < -0.39 is 0 Å². The summed E-state index contributed by atoms with van der Waals surface area (Å²) in [6.45, 7) is 6.13. The first kappa shape index (κ1) is 16.4. The van der Waals surface area contributed by atoms with Crippen molar-refractivity contribution in [3.05, 3.63) is 58.6 Å². The average Bonchev–Trinajstić information content (AvgIpc) is 2.48. The molecule has 0 aliphatic heterocycles. The van der Waals surface area contributed by atoms with Gasteiger partial charge in [-0.15, -0.1) is 0 Å². The Hall–Kier alpha value is -2.00. The number of carbonyl (C=O) groups excluding carboxylic acids is 1. The van der Waals surface area contributed by atoms with Gasteiger partial charge in [-0.05, 0) is 48.2 Å². The normalized spacial score (nSPS) is 10.6. The molecule has 0 aliphatic carbocycles. The van der Waals surface area contributed by atoms with Crippen molar-refractivity contribution in [2.24, 2.45) is 0 Å². The van der Waals surface area contributed by atoms with Crippen LogP contribution in [0.15, 0.2) is 42.5 Å². The van der Waals surface area contributed by atoms with Crippen LogP contribution in [0.25, 0.3) is 0 Å². The maximum Gasteiger partial charge on any atom is 0.262 e. The highest BCUT2D eigenvalue weighted by molar-refractivity contribution is 6.33. The van der Waals surface area contributed by atoms with Crippen LogP contribution in [-0.2, 0) is 4.79 Å². The maximum absolute atomic E-state index is 11.9. The molecule has 3 nitrogen and oxygen atoms in total. The molecule has 0 aliphatic rings. The largest absolute Gasteiger partial charge is 0.484 e. The van der Waals surface area contributed by atoms with Crippen LogP contribution in [0.5, 0.6) is 5.75 Å². The van der Waals surface area contributed by atoms with Crippen LogP contribution >= 0.6 is 11.6 Å². The second-order valence-corrected chi connectivity index (χ2v) is 5.95. The van der Waals surface area contributed by atoms with Crippen molar-refractivity contribution < 1.29 is 9.53 Å². The molecule has 2 aromatic carbocycles. The zero-order chi connectivity index (χ0) is 16.1. The van der Waals surface area contributed by atoms with Gasteiger partial charge in [0, 0.05) is 0 Å². The summed E-state index contributed by atoms with van der Waals surface area (Å²) in [6.07, 6.45) is 0. The molecule has 1 N–H and O–H groups in total. The summed E-state index contributed by atoms with van der Waals surface area (Å²) in [5, 5.41) is 3.27. The zero-order valence-electron chi connectivity index (χ0n) is 13.0. The van der Waals surface area contributed by atoms with Crippen LogP contribution in [0.4, 0.5) is 5.69 Å². The molecule has 0 radical (unpaired) electrons. The highest BCUT2D eigenvalue weighted by atomic mass is 35.5. The summed E-state index contributed by atoms with van der Waals surface area (Å²) in [6, 6.07) is 13.3. The topological polar surface area (TPSA) is 38.3 Å². The number of hydrogen-bond acceptors (Lipinski definition) is 2. The number of nitrogens with one attached hydrogen (secondary N) is 1. The van der Waals surface area contributed by atoms with Gasteiger partial charge < -0.3 is 10.1 Å². The number of carbonyl (C=O) groups is 1. The number of hydrogen-bond donors (Lipinski definition) is 1. The summed E-state index contributed by atoms with van der Waals surface area (Å²) >= 11 is 6.09. The molecule has 0 saturated carbocycles. The van der Waals surface area contributed by atoms with E-state index in [4.69, 9.17) is 16.3 Å². The number of rotatable bonds is 5. The van der Waals surface area contributed by atoms with Crippen molar-refractivity contribution in [1.82, 2.24) is 0 Å². The molecule has 2 rings (SSSR count). The molecule has 0 bridgehead atoms. The third-order valence-electron chi connectivity index (χ3n) is 3.29. The van der Waals surface area contributed by atoms with Crippen molar-refractivity contribution in [3.8, 4) is 5.75 Å². The fourth-order valence-electron chi connectivity index (χ4n) is 2.02. The summed E-state index contributed by atoms with van der Waals surface area (Å²) in [5.41, 5.74) is 2.82. The van der Waals surface area contributed by atoms with Gasteiger partial charge in [-0.3, -0.25) is 4.79 Å². The van der Waals surface area contributed by atoms with Gasteiger partial charge in [0.2, 0.25) is 0 Å². The molecule has 0 saturated heterocycles. The molecule has 0 aromatic heterocycles. The molecule has 22 heavy (non-hydrogen) atoms. The van der Waals surface area contributed by atoms with E-state index in [1.54, 1.807) is 6.07 Å². The predicted molar refractivity (Wildman–Crippen MR) is 90.8 cm³/mol. The lowest BCUT2D eigenvalue weighted by atomic mass is 10.0. The zero-order valence-corrected chi connectivity index (χ0v) is 13.8. The van der Waals surface area contributed by atoms with E-state index in [9.17, 15) is 4.79 Å². The van der Waals surface area contributed by atoms with Crippen LogP contribution in [0.3, 0.4) is 0 Å². The molecule has 4 heteroatoms. The van der Waals surface area contributed by atoms with Crippen molar-refractivity contribution in [1.29, 1.82) is 0 Å². The number of ether oxygens (including phenoxy) is 1. The molecular weight excluding hydrogens is 298 g/mol. The number of aryl methyl sites for hydroxylation is 1. The number of benzene rings is 2. The monoisotopic (exact) mass is 317 g/mol. The molecule has 0 unspecified atom stereocenters. The molecular formula is C18H20ClNO2. The number of anilines is 1. The summed E-state index contributed by atoms with van der Waals surface area (Å²) < 4.78 is 5.54. The van der Waals surface area contributed by atoms with Gasteiger partial charge in [0.15, 0.2) is 6.61 Å². The minimum Gasteiger partial charge on any atom is -0.484 e. The Kier molecular flexibility index (Phi) is 5.45. The lowest BCUT2D eigenvalue weighted by Gasteiger charge is -2.11. The third kappa shape index (κ3) is 4.50. The fraction of sp³-hybridized carbons (Fsp3) is 0.278. The first-order chi connectivity index (χ1) is 10.5. The standard InChI is InChI=1S/C18H20ClNO2/c1-12(2)14-5-4-6-15(10-14)22-11-18(21)20-17-8-7-13(3)9-16(17)19/h4-10,12H,11H2,1-3H3,(H,20,21). The van der Waals surface area contributed by atoms with Gasteiger partial charge >= 0.3 is 0 Å². The van der Waals surface area contributed by atoms with Crippen molar-refractivity contribution in [2.75, 3.05) is 11.9 Å². The van der Waals surface area contributed by atoms with Crippen molar-refractivity contribution >= 4 is 23.2 Å². The average molecular weight is 318 g/mol. The highest BCUT2D eigenvalue weighted by Gasteiger charge is 2.08. The molecule has 2 aromatic rings. The van der Waals surface area contributed by atoms with E-state index in [1.807, 2.05) is 43.3 Å². The van der Waals surface area contributed by atoms with E-state index in [-0.39, 0.29) is 12.5 Å². The highest BCUT2D eigenvalue weighted by Crippen LogP contribution is 2.23. The van der Waals surface area contributed by atoms with Gasteiger partial charge in [-0.25, -0.2) is 0 Å². The second-order valence-electron chi connectivity index (χ2n) is 5.55. The molecule has 0 fully saturated rings. The van der Waals surface area contributed by atoms with Crippen LogP contribution < -0.4 is 10.1 Å². The third-order valence-corrected chi connectivity index (χ3v) is 3.61. The summed E-state index contributed by atoms with van der Waals surface area (Å²) in [4.78, 5) is 11.9. The van der Waals surface area contributed by atoms with E-state index >= 15 is 0 Å². The van der Waals surface area contributed by atoms with Gasteiger partial charge in [0.25, 0.3) is 5.91 Å². The molecule has 0 spiro atoms. The summed E-state index contributed by atoms with van der Waals surface area (Å²) in [5.74, 6) is 0.876. The minimum atomic E-state index is -0.235. The van der Waals surface area contributed by atoms with E-state index in [0.717, 1.165) is 5.56 Å². The molecule has 1 amide bonds. The van der Waals surface area contributed by atoms with Gasteiger partial charge in [0.05, 0.1) is 10.7 Å². The van der Waals surface area contributed by atoms with Gasteiger partial charge in [-0.1, -0.05) is 43.6 Å². The van der Waals surface area contributed by atoms with Crippen LogP contribution in [0.1, 0.15) is 30.9 Å². The number of halogens is 1. The maximum atomic E-state index is 11.9. The Morgan fingerprint density at radius 3 is 2.68 bits per heavy atom. The first-order valence-corrected chi connectivity index (χ1v) is 7.62. The molecule has 0 atom stereocenters. The van der Waals surface area contributed by atoms with Gasteiger partial charge in [0.1, 0.15) is 5.75 Å². The Bertz CT molecular complexity index is 668. The fourth-order valence-corrected chi connectivity index (χ4v) is 2.30. The lowest BCUT2D eigenvalue weighted by molar-refractivity contribution is -0.118. The Balaban J connectivity index is 1.94. The van der Waals surface area contributed by atoms with Crippen molar-refractivity contribution in [3.63, 3.8) is 0 Å². The Labute approximate surface area is 136 Å². The van der Waals surface area contributed by atoms with Crippen LogP contribution in [0.2, 0.25) is 5.02 Å².